The summed E-state index contributed by atoms with van der Waals surface area (Å²) in [5.74, 6) is 0.809. The number of hydrogen-bond acceptors (Lipinski definition) is 4. The van der Waals surface area contributed by atoms with Crippen molar-refractivity contribution in [3.63, 3.8) is 0 Å². The average molecular weight is 341 g/mol. The Morgan fingerprint density at radius 3 is 2.79 bits per heavy atom. The molecule has 6 heteroatoms. The average Bonchev–Trinajstić information content (AvgIpc) is 2.58. The Labute approximate surface area is 147 Å². The van der Waals surface area contributed by atoms with Gasteiger partial charge in [0.2, 0.25) is 0 Å². The number of aliphatic imine (C=N–C) groups is 1. The number of aliphatic hydroxyl groups is 1. The minimum atomic E-state index is -0.705. The molecule has 3 N–H and O–H groups in total. The van der Waals surface area contributed by atoms with E-state index in [0.29, 0.717) is 32.6 Å². The van der Waals surface area contributed by atoms with Gasteiger partial charge in [0.1, 0.15) is 0 Å². The van der Waals surface area contributed by atoms with Crippen LogP contribution in [0.2, 0.25) is 0 Å². The summed E-state index contributed by atoms with van der Waals surface area (Å²) >= 11 is 0. The van der Waals surface area contributed by atoms with E-state index in [1.54, 1.807) is 0 Å². The molecule has 2 saturated heterocycles. The number of ether oxygens (including phenoxy) is 1. The van der Waals surface area contributed by atoms with E-state index < -0.39 is 5.60 Å². The predicted octanol–water partition coefficient (Wildman–Crippen LogP) is 1.35. The molecule has 0 aromatic heterocycles. The van der Waals surface area contributed by atoms with E-state index in [4.69, 9.17) is 4.74 Å². The van der Waals surface area contributed by atoms with E-state index in [9.17, 15) is 5.11 Å². The maximum atomic E-state index is 10.5. The fraction of sp³-hybridized carbons (Fsp3) is 0.944. The summed E-state index contributed by atoms with van der Waals surface area (Å²) in [5.41, 5.74) is -0.705. The molecule has 0 bridgehead atoms. The minimum Gasteiger partial charge on any atom is -0.388 e. The summed E-state index contributed by atoms with van der Waals surface area (Å²) < 4.78 is 5.32. The van der Waals surface area contributed by atoms with Gasteiger partial charge in [0.15, 0.2) is 5.96 Å². The number of piperidine rings is 1. The SMILES string of the molecule is CCNC(=NCC1(O)CCOCC1)NCCCN1CCCCC1C. The van der Waals surface area contributed by atoms with Crippen LogP contribution in [0, 0.1) is 0 Å². The maximum Gasteiger partial charge on any atom is 0.191 e. The van der Waals surface area contributed by atoms with Crippen molar-refractivity contribution in [2.45, 2.75) is 64.0 Å². The second kappa shape index (κ2) is 10.2. The molecule has 6 nitrogen and oxygen atoms in total. The lowest BCUT2D eigenvalue weighted by Gasteiger charge is -2.33. The van der Waals surface area contributed by atoms with Gasteiger partial charge in [-0.2, -0.15) is 0 Å². The van der Waals surface area contributed by atoms with E-state index in [2.05, 4.69) is 34.4 Å². The van der Waals surface area contributed by atoms with Gasteiger partial charge in [0.05, 0.1) is 12.1 Å². The molecule has 1 unspecified atom stereocenters. The molecule has 0 spiro atoms. The molecule has 0 amide bonds. The molecule has 0 radical (unpaired) electrons. The molecule has 140 valence electrons. The second-order valence-electron chi connectivity index (χ2n) is 7.19. The fourth-order valence-corrected chi connectivity index (χ4v) is 3.46. The van der Waals surface area contributed by atoms with Crippen molar-refractivity contribution < 1.29 is 9.84 Å². The first kappa shape index (κ1) is 19.5. The van der Waals surface area contributed by atoms with Gasteiger partial charge in [0, 0.05) is 51.7 Å². The molecule has 0 saturated carbocycles. The highest BCUT2D eigenvalue weighted by molar-refractivity contribution is 5.79. The molecule has 2 heterocycles. The normalized spacial score (nSPS) is 25.5. The molecule has 2 aliphatic heterocycles. The van der Waals surface area contributed by atoms with Gasteiger partial charge in [-0.05, 0) is 39.7 Å². The lowest BCUT2D eigenvalue weighted by atomic mass is 9.95. The first-order valence-electron chi connectivity index (χ1n) is 9.69. The van der Waals surface area contributed by atoms with Crippen LogP contribution in [0.5, 0.6) is 0 Å². The molecular formula is C18H36N4O2. The molecule has 2 fully saturated rings. The number of guanidine groups is 1. The van der Waals surface area contributed by atoms with Crippen LogP contribution in [0.15, 0.2) is 4.99 Å². The lowest BCUT2D eigenvalue weighted by Crippen LogP contribution is -2.43. The number of nitrogens with zero attached hydrogens (tertiary/aromatic N) is 2. The van der Waals surface area contributed by atoms with E-state index in [-0.39, 0.29) is 0 Å². The summed E-state index contributed by atoms with van der Waals surface area (Å²) in [4.78, 5) is 7.18. The molecular weight excluding hydrogens is 304 g/mol. The highest BCUT2D eigenvalue weighted by atomic mass is 16.5. The molecule has 1 atom stereocenters. The van der Waals surface area contributed by atoms with Crippen molar-refractivity contribution in [2.24, 2.45) is 4.99 Å². The van der Waals surface area contributed by atoms with Gasteiger partial charge in [-0.1, -0.05) is 6.42 Å². The molecule has 0 aromatic carbocycles. The van der Waals surface area contributed by atoms with E-state index >= 15 is 0 Å². The van der Waals surface area contributed by atoms with Crippen LogP contribution in [0.4, 0.5) is 0 Å². The topological polar surface area (TPSA) is 69.1 Å². The van der Waals surface area contributed by atoms with Gasteiger partial charge in [0.25, 0.3) is 0 Å². The Balaban J connectivity index is 1.70. The van der Waals surface area contributed by atoms with Gasteiger partial charge in [-0.3, -0.25) is 4.99 Å². The van der Waals surface area contributed by atoms with Crippen LogP contribution < -0.4 is 10.6 Å². The molecule has 0 aromatic rings. The van der Waals surface area contributed by atoms with E-state index in [0.717, 1.165) is 38.1 Å². The Bertz CT molecular complexity index is 383. The standard InChI is InChI=1S/C18H36N4O2/c1-3-19-17(21-15-18(23)8-13-24-14-9-18)20-10-6-12-22-11-5-4-7-16(22)2/h16,23H,3-15H2,1-2H3,(H2,19,20,21). The fourth-order valence-electron chi connectivity index (χ4n) is 3.46. The quantitative estimate of drug-likeness (QED) is 0.371. The minimum absolute atomic E-state index is 0.439. The maximum absolute atomic E-state index is 10.5. The van der Waals surface area contributed by atoms with Crippen LogP contribution in [0.3, 0.4) is 0 Å². The highest BCUT2D eigenvalue weighted by Gasteiger charge is 2.29. The monoisotopic (exact) mass is 340 g/mol. The first-order chi connectivity index (χ1) is 11.6. The third-order valence-electron chi connectivity index (χ3n) is 5.15. The van der Waals surface area contributed by atoms with Crippen molar-refractivity contribution in [1.29, 1.82) is 0 Å². The van der Waals surface area contributed by atoms with Crippen LogP contribution in [-0.4, -0.2) is 73.5 Å². The zero-order valence-corrected chi connectivity index (χ0v) is 15.5. The Morgan fingerprint density at radius 2 is 2.08 bits per heavy atom. The first-order valence-corrected chi connectivity index (χ1v) is 9.69. The van der Waals surface area contributed by atoms with Crippen LogP contribution in [0.1, 0.15) is 52.4 Å². The third-order valence-corrected chi connectivity index (χ3v) is 5.15. The third kappa shape index (κ3) is 6.57. The Kier molecular flexibility index (Phi) is 8.29. The summed E-state index contributed by atoms with van der Waals surface area (Å²) in [6, 6.07) is 0.725. The smallest absolute Gasteiger partial charge is 0.191 e. The van der Waals surface area contributed by atoms with Gasteiger partial charge in [-0.15, -0.1) is 0 Å². The summed E-state index contributed by atoms with van der Waals surface area (Å²) in [7, 11) is 0. The van der Waals surface area contributed by atoms with Crippen molar-refractivity contribution in [1.82, 2.24) is 15.5 Å². The van der Waals surface area contributed by atoms with Crippen molar-refractivity contribution >= 4 is 5.96 Å². The van der Waals surface area contributed by atoms with Crippen molar-refractivity contribution in [3.05, 3.63) is 0 Å². The zero-order chi connectivity index (χ0) is 17.3. The lowest BCUT2D eigenvalue weighted by molar-refractivity contribution is -0.0565. The van der Waals surface area contributed by atoms with E-state index in [1.807, 2.05) is 0 Å². The molecule has 2 rings (SSSR count). The number of hydrogen-bond donors (Lipinski definition) is 3. The van der Waals surface area contributed by atoms with E-state index in [1.165, 1.54) is 25.8 Å². The van der Waals surface area contributed by atoms with Crippen LogP contribution in [0.25, 0.3) is 0 Å². The summed E-state index contributed by atoms with van der Waals surface area (Å²) in [6.07, 6.45) is 6.50. The van der Waals surface area contributed by atoms with Crippen molar-refractivity contribution in [2.75, 3.05) is 45.9 Å². The van der Waals surface area contributed by atoms with Gasteiger partial charge in [-0.25, -0.2) is 0 Å². The Morgan fingerprint density at radius 1 is 1.29 bits per heavy atom. The predicted molar refractivity (Wildman–Crippen MR) is 98.5 cm³/mol. The number of likely N-dealkylation sites (tertiary alicyclic amines) is 1. The largest absolute Gasteiger partial charge is 0.388 e. The highest BCUT2D eigenvalue weighted by Crippen LogP contribution is 2.20. The van der Waals surface area contributed by atoms with Gasteiger partial charge >= 0.3 is 0 Å². The van der Waals surface area contributed by atoms with Crippen LogP contribution >= 0.6 is 0 Å². The molecule has 2 aliphatic rings. The second-order valence-corrected chi connectivity index (χ2v) is 7.19. The number of rotatable bonds is 7. The Hall–Kier alpha value is -0.850. The molecule has 24 heavy (non-hydrogen) atoms. The van der Waals surface area contributed by atoms with Crippen LogP contribution in [-0.2, 0) is 4.74 Å². The zero-order valence-electron chi connectivity index (χ0n) is 15.5. The molecule has 0 aliphatic carbocycles. The number of nitrogens with one attached hydrogen (secondary N) is 2. The summed E-state index contributed by atoms with van der Waals surface area (Å²) in [5, 5.41) is 17.2. The van der Waals surface area contributed by atoms with Crippen molar-refractivity contribution in [3.8, 4) is 0 Å². The van der Waals surface area contributed by atoms with Gasteiger partial charge < -0.3 is 25.4 Å². The summed E-state index contributed by atoms with van der Waals surface area (Å²) in [6.45, 7) is 10.2.